The molecule has 1 rings (SSSR count). The molecule has 0 amide bonds. The number of benzene rings is 1. The van der Waals surface area contributed by atoms with Crippen LogP contribution in [-0.4, -0.2) is 30.1 Å². The van der Waals surface area contributed by atoms with E-state index in [0.29, 0.717) is 13.0 Å². The fraction of sp³-hybridized carbons (Fsp3) is 0.760. The molecule has 0 aliphatic rings. The van der Waals surface area contributed by atoms with E-state index in [1.807, 2.05) is 0 Å². The second-order valence-corrected chi connectivity index (χ2v) is 10.3. The second-order valence-electron chi connectivity index (χ2n) is 8.72. The maximum atomic E-state index is 11.5. The number of rotatable bonds is 22. The Bertz CT molecular complexity index is 699. The van der Waals surface area contributed by atoms with Crippen LogP contribution in [-0.2, 0) is 18.3 Å². The Morgan fingerprint density at radius 2 is 1.38 bits per heavy atom. The highest BCUT2D eigenvalue weighted by molar-refractivity contribution is 7.47. The van der Waals surface area contributed by atoms with E-state index in [4.69, 9.17) is 9.26 Å². The van der Waals surface area contributed by atoms with Gasteiger partial charge in [-0.1, -0.05) is 84.0 Å². The van der Waals surface area contributed by atoms with Crippen LogP contribution in [0.5, 0.6) is 0 Å². The summed E-state index contributed by atoms with van der Waals surface area (Å²) in [6.45, 7) is 2.78. The van der Waals surface area contributed by atoms with Crippen molar-refractivity contribution in [3.05, 3.63) is 39.9 Å². The van der Waals surface area contributed by atoms with Crippen LogP contribution >= 0.6 is 7.82 Å². The van der Waals surface area contributed by atoms with Crippen LogP contribution < -0.4 is 0 Å². The largest absolute Gasteiger partial charge is 0.471 e. The van der Waals surface area contributed by atoms with Gasteiger partial charge >= 0.3 is 7.82 Å². The third-order valence-electron chi connectivity index (χ3n) is 5.91. The van der Waals surface area contributed by atoms with Gasteiger partial charge in [0, 0.05) is 32.3 Å². The maximum Gasteiger partial charge on any atom is 0.471 e. The van der Waals surface area contributed by atoms with Crippen molar-refractivity contribution < 1.29 is 28.2 Å². The van der Waals surface area contributed by atoms with Gasteiger partial charge in [-0.25, -0.2) is 4.57 Å². The Labute approximate surface area is 205 Å². The molecular formula is C25H44NO7P. The molecule has 0 aliphatic carbocycles. The van der Waals surface area contributed by atoms with Crippen molar-refractivity contribution in [3.63, 3.8) is 0 Å². The van der Waals surface area contributed by atoms with Gasteiger partial charge in [0.15, 0.2) is 0 Å². The molecule has 0 aliphatic heterocycles. The summed E-state index contributed by atoms with van der Waals surface area (Å²) >= 11 is 0. The summed E-state index contributed by atoms with van der Waals surface area (Å²) in [5.74, 6) is 0. The van der Waals surface area contributed by atoms with E-state index in [-0.39, 0.29) is 18.4 Å². The molecule has 9 heteroatoms. The van der Waals surface area contributed by atoms with Gasteiger partial charge in [-0.2, -0.15) is 0 Å². The Balaban J connectivity index is 2.26. The van der Waals surface area contributed by atoms with Crippen LogP contribution in [0.25, 0.3) is 0 Å². The summed E-state index contributed by atoms with van der Waals surface area (Å²) in [4.78, 5) is 19.9. The van der Waals surface area contributed by atoms with Crippen LogP contribution in [0.1, 0.15) is 108 Å². The molecule has 1 aromatic carbocycles. The van der Waals surface area contributed by atoms with Crippen molar-refractivity contribution >= 4 is 13.5 Å². The van der Waals surface area contributed by atoms with Crippen molar-refractivity contribution in [2.24, 2.45) is 0 Å². The van der Waals surface area contributed by atoms with Gasteiger partial charge in [-0.3, -0.25) is 19.2 Å². The summed E-state index contributed by atoms with van der Waals surface area (Å²) in [6.07, 6.45) is 16.5. The van der Waals surface area contributed by atoms with Gasteiger partial charge in [0.1, 0.15) is 0 Å². The lowest BCUT2D eigenvalue weighted by molar-refractivity contribution is -0.384. The Morgan fingerprint density at radius 3 is 1.85 bits per heavy atom. The molecule has 0 fully saturated rings. The van der Waals surface area contributed by atoms with Crippen molar-refractivity contribution in [2.75, 3.05) is 20.3 Å². The molecule has 1 N–H and O–H groups in total. The predicted octanol–water partition coefficient (Wildman–Crippen LogP) is 7.90. The Hall–Kier alpha value is -1.31. The minimum Gasteiger partial charge on any atom is -0.373 e. The molecular weight excluding hydrogens is 457 g/mol. The summed E-state index contributed by atoms with van der Waals surface area (Å²) in [5.41, 5.74) is 0.781. The van der Waals surface area contributed by atoms with E-state index >= 15 is 0 Å². The van der Waals surface area contributed by atoms with E-state index in [2.05, 4.69) is 11.4 Å². The minimum absolute atomic E-state index is 0.00878. The van der Waals surface area contributed by atoms with Crippen LogP contribution in [0.4, 0.5) is 5.69 Å². The summed E-state index contributed by atoms with van der Waals surface area (Å²) in [7, 11) is -2.94. The monoisotopic (exact) mass is 501 g/mol. The summed E-state index contributed by atoms with van der Waals surface area (Å²) in [6, 6.07) is 6.18. The number of non-ortho nitro benzene ring substituents is 1. The van der Waals surface area contributed by atoms with E-state index in [9.17, 15) is 19.6 Å². The first-order valence-corrected chi connectivity index (χ1v) is 14.3. The maximum absolute atomic E-state index is 11.5. The number of hydrogen-bond acceptors (Lipinski definition) is 6. The quantitative estimate of drug-likeness (QED) is 0.0744. The van der Waals surface area contributed by atoms with Gasteiger partial charge in [0.2, 0.25) is 0 Å². The Morgan fingerprint density at radius 1 is 0.882 bits per heavy atom. The van der Waals surface area contributed by atoms with Crippen molar-refractivity contribution in [2.45, 2.75) is 103 Å². The third kappa shape index (κ3) is 14.8. The zero-order valence-corrected chi connectivity index (χ0v) is 21.9. The highest BCUT2D eigenvalue weighted by atomic mass is 31.2. The molecule has 0 radical (unpaired) electrons. The van der Waals surface area contributed by atoms with Crippen LogP contribution in [0.3, 0.4) is 0 Å². The number of phosphoric ester groups is 1. The Kier molecular flexibility index (Phi) is 17.1. The lowest BCUT2D eigenvalue weighted by atomic mass is 10.0. The van der Waals surface area contributed by atoms with E-state index in [1.54, 1.807) is 12.1 Å². The normalized spacial score (nSPS) is 14.1. The van der Waals surface area contributed by atoms with Crippen molar-refractivity contribution in [3.8, 4) is 0 Å². The zero-order valence-electron chi connectivity index (χ0n) is 21.0. The third-order valence-corrected chi connectivity index (χ3v) is 6.88. The molecule has 0 saturated heterocycles. The fourth-order valence-electron chi connectivity index (χ4n) is 3.83. The topological polar surface area (TPSA) is 108 Å². The molecule has 2 atom stereocenters. The molecule has 196 valence electrons. The average molecular weight is 502 g/mol. The molecule has 0 bridgehead atoms. The molecule has 1 aromatic rings. The van der Waals surface area contributed by atoms with Gasteiger partial charge in [-0.05, 0) is 24.1 Å². The first kappa shape index (κ1) is 30.7. The van der Waals surface area contributed by atoms with Gasteiger partial charge in [-0.15, -0.1) is 0 Å². The summed E-state index contributed by atoms with van der Waals surface area (Å²) in [5, 5.41) is 10.9. The smallest absolute Gasteiger partial charge is 0.373 e. The first-order valence-electron chi connectivity index (χ1n) is 12.8. The van der Waals surface area contributed by atoms with Crippen LogP contribution in [0.15, 0.2) is 24.3 Å². The van der Waals surface area contributed by atoms with E-state index in [1.165, 1.54) is 82.8 Å². The number of ether oxygens (including phenoxy) is 1. The molecule has 0 aromatic heterocycles. The molecule has 0 spiro atoms. The number of phosphoric acid groups is 1. The van der Waals surface area contributed by atoms with E-state index < -0.39 is 12.7 Å². The van der Waals surface area contributed by atoms with Crippen LogP contribution in [0, 0.1) is 10.1 Å². The zero-order chi connectivity index (χ0) is 25.1. The van der Waals surface area contributed by atoms with Gasteiger partial charge in [0.05, 0.1) is 17.6 Å². The summed E-state index contributed by atoms with van der Waals surface area (Å²) < 4.78 is 26.9. The number of unbranched alkanes of at least 4 members (excludes halogenated alkanes) is 12. The first-order chi connectivity index (χ1) is 16.4. The van der Waals surface area contributed by atoms with E-state index in [0.717, 1.165) is 25.5 Å². The molecule has 34 heavy (non-hydrogen) atoms. The standard InChI is InChI=1S/C25H44NO7P/c1-3-4-5-6-7-8-9-10-11-12-13-14-15-21-32-25(20-22-33-34(29,30)31-2)23-16-18-24(19-17-23)26(27)28/h16-19,25H,3-15,20-22H2,1-2H3,(H,29,30). The lowest BCUT2D eigenvalue weighted by Gasteiger charge is -2.19. The molecule has 0 heterocycles. The SMILES string of the molecule is CCCCCCCCCCCCCCCOC(CCOP(=O)(O)OC)c1ccc([N+](=O)[O-])cc1. The number of nitro groups is 1. The predicted molar refractivity (Wildman–Crippen MR) is 135 cm³/mol. The fourth-order valence-corrected chi connectivity index (χ4v) is 4.27. The second kappa shape index (κ2) is 18.9. The molecule has 2 unspecified atom stereocenters. The number of nitro benzene ring substituents is 1. The highest BCUT2D eigenvalue weighted by Gasteiger charge is 2.20. The van der Waals surface area contributed by atoms with Crippen LogP contribution in [0.2, 0.25) is 0 Å². The number of hydrogen-bond donors (Lipinski definition) is 1. The van der Waals surface area contributed by atoms with Gasteiger partial charge in [0.25, 0.3) is 5.69 Å². The lowest BCUT2D eigenvalue weighted by Crippen LogP contribution is -2.09. The van der Waals surface area contributed by atoms with Crippen molar-refractivity contribution in [1.82, 2.24) is 0 Å². The van der Waals surface area contributed by atoms with Crippen molar-refractivity contribution in [1.29, 1.82) is 0 Å². The number of nitrogens with zero attached hydrogens (tertiary/aromatic N) is 1. The highest BCUT2D eigenvalue weighted by Crippen LogP contribution is 2.42. The molecule has 8 nitrogen and oxygen atoms in total. The molecule has 0 saturated carbocycles. The minimum atomic E-state index is -4.05. The average Bonchev–Trinajstić information content (AvgIpc) is 2.83. The van der Waals surface area contributed by atoms with Gasteiger partial charge < -0.3 is 9.63 Å².